The molecule has 6 rings (SSSR count). The van der Waals surface area contributed by atoms with Crippen molar-refractivity contribution in [1.82, 2.24) is 25.8 Å². The first-order valence-corrected chi connectivity index (χ1v) is 29.5. The molecular weight excluding hydrogens is 1020 g/mol. The zero-order chi connectivity index (χ0) is 57.1. The minimum atomic E-state index is -3.05. The lowest BCUT2D eigenvalue weighted by Crippen LogP contribution is -2.61. The predicted molar refractivity (Wildman–Crippen MR) is 286 cm³/mol. The van der Waals surface area contributed by atoms with Crippen LogP contribution in [-0.2, 0) is 47.8 Å². The van der Waals surface area contributed by atoms with Gasteiger partial charge < -0.3 is 73.9 Å². The Kier molecular flexibility index (Phi) is 21.5. The molecule has 0 aromatic heterocycles. The number of sulfone groups is 1. The van der Waals surface area contributed by atoms with Gasteiger partial charge in [-0.25, -0.2) is 12.8 Å². The number of nitrogens with zero attached hydrogens (tertiary/aromatic N) is 3. The molecule has 0 spiro atoms. The molecule has 22 heteroatoms. The smallest absolute Gasteiger partial charge is 0.311 e. The van der Waals surface area contributed by atoms with E-state index in [0.717, 1.165) is 16.8 Å². The van der Waals surface area contributed by atoms with Gasteiger partial charge in [-0.05, 0) is 111 Å². The Morgan fingerprint density at radius 2 is 1.65 bits per heavy atom. The number of benzene rings is 1. The van der Waals surface area contributed by atoms with Gasteiger partial charge in [0.2, 0.25) is 0 Å². The number of hydrazine groups is 2. The van der Waals surface area contributed by atoms with E-state index in [0.29, 0.717) is 32.4 Å². The Bertz CT molecular complexity index is 2220. The van der Waals surface area contributed by atoms with Crippen LogP contribution >= 0.6 is 0 Å². The summed E-state index contributed by atoms with van der Waals surface area (Å²) in [7, 11) is 3.69. The summed E-state index contributed by atoms with van der Waals surface area (Å²) < 4.78 is 83.4. The van der Waals surface area contributed by atoms with Crippen molar-refractivity contribution in [2.45, 2.75) is 216 Å². The number of rotatable bonds is 16. The molecule has 0 amide bonds. The summed E-state index contributed by atoms with van der Waals surface area (Å²) in [6, 6.07) is 5.68. The van der Waals surface area contributed by atoms with Gasteiger partial charge >= 0.3 is 5.97 Å². The molecule has 0 saturated carbocycles. The quantitative estimate of drug-likeness (QED) is 0.117. The van der Waals surface area contributed by atoms with E-state index in [1.807, 2.05) is 62.0 Å². The molecule has 20 nitrogen and oxygen atoms in total. The fourth-order valence-corrected chi connectivity index (χ4v) is 14.4. The molecular formula is C55H94FN5O15S. The molecule has 4 fully saturated rings. The molecule has 77 heavy (non-hydrogen) atoms. The molecule has 5 aliphatic rings. The molecule has 7 N–H and O–H groups in total. The second kappa shape index (κ2) is 26.1. The van der Waals surface area contributed by atoms with Crippen molar-refractivity contribution < 1.29 is 76.3 Å². The van der Waals surface area contributed by atoms with Crippen LogP contribution in [0.15, 0.2) is 36.2 Å². The number of carbonyl (C=O) groups excluding carboxylic acids is 1. The number of hydrogen-bond donors (Lipinski definition) is 7. The molecule has 442 valence electrons. The van der Waals surface area contributed by atoms with E-state index in [4.69, 9.17) is 33.2 Å². The zero-order valence-electron chi connectivity index (χ0n) is 48.0. The SMILES string of the molecule is CC[C@H]1OC(=O)[C@H](C)[C@@H](O[C@H]2C[C@@](C)(OC)[C@@H](O)[C@H](C)O2)[C@H](C)[C@@H](O[C@@H]2O[C@H](C)C[C@H](N(C)CCC3=CN([C@H](CF)[C@H](OC)c4ccc(C5CCS(=O)(=O)C5)cc4)NN3)[C@H]2O)[C@](C)(O)C[C@@H](C)CN(C)[C@H](C)[C@@H](O)[C@]1(C)O. The Morgan fingerprint density at radius 3 is 2.25 bits per heavy atom. The zero-order valence-corrected chi connectivity index (χ0v) is 48.8. The third kappa shape index (κ3) is 14.7. The summed E-state index contributed by atoms with van der Waals surface area (Å²) in [4.78, 5) is 18.5. The van der Waals surface area contributed by atoms with Gasteiger partial charge in [-0.15, -0.1) is 5.53 Å². The highest BCUT2D eigenvalue weighted by molar-refractivity contribution is 7.91. The van der Waals surface area contributed by atoms with Crippen LogP contribution in [0.2, 0.25) is 0 Å². The molecule has 1 aromatic carbocycles. The molecule has 0 aliphatic carbocycles. The third-order valence-electron chi connectivity index (χ3n) is 17.6. The van der Waals surface area contributed by atoms with Crippen LogP contribution in [0.4, 0.5) is 4.39 Å². The number of likely N-dealkylation sites (N-methyl/N-ethyl adjacent to an activating group) is 2. The van der Waals surface area contributed by atoms with Gasteiger partial charge in [0, 0.05) is 70.0 Å². The molecule has 1 unspecified atom stereocenters. The van der Waals surface area contributed by atoms with Crippen molar-refractivity contribution in [3.63, 3.8) is 0 Å². The fraction of sp³-hybridized carbons (Fsp3) is 0.836. The summed E-state index contributed by atoms with van der Waals surface area (Å²) in [5.41, 5.74) is 4.06. The standard InChI is InChI=1S/C55H94FN5O15S/c1-15-43-55(10,67)48(63)35(6)60(12)28-31(2)25-53(8,66)50(33(4)46(34(5)51(65)74-43)75-44-26-54(9,71-14)49(64)36(7)73-44)76-52-45(62)41(24-32(3)72-52)59(11)22-20-40-29-61(58-57-40)42(27-56)47(70-13)38-18-16-37(17-19-38)39-21-23-77(68,69)30-39/h16-19,29,31-36,39,41-50,52,57-58,62-64,66-67H,15,20-28,30H2,1-14H3/t31-,32-,33+,34-,35-,36+,39?,41+,42-,43-,44+,45-,46+,47-,48-,49+,50-,52+,53-,54-,55-/m1/s1. The number of hydrogen-bond acceptors (Lipinski definition) is 20. The maximum Gasteiger partial charge on any atom is 0.311 e. The van der Waals surface area contributed by atoms with Crippen LogP contribution < -0.4 is 11.0 Å². The van der Waals surface area contributed by atoms with E-state index < -0.39 is 137 Å². The van der Waals surface area contributed by atoms with Gasteiger partial charge in [0.15, 0.2) is 22.4 Å². The third-order valence-corrected chi connectivity index (χ3v) is 19.3. The number of esters is 1. The lowest BCUT2D eigenvalue weighted by Gasteiger charge is -2.49. The van der Waals surface area contributed by atoms with Crippen LogP contribution in [0, 0.1) is 17.8 Å². The number of aliphatic hydroxyl groups excluding tert-OH is 3. The molecule has 0 radical (unpaired) electrons. The Hall–Kier alpha value is -2.65. The lowest BCUT2D eigenvalue weighted by molar-refractivity contribution is -0.318. The average molecular weight is 1120 g/mol. The first kappa shape index (κ1) is 63.5. The Balaban J connectivity index is 1.23. The van der Waals surface area contributed by atoms with Crippen LogP contribution in [0.25, 0.3) is 0 Å². The van der Waals surface area contributed by atoms with E-state index >= 15 is 0 Å². The molecule has 1 aromatic rings. The Morgan fingerprint density at radius 1 is 0.974 bits per heavy atom. The van der Waals surface area contributed by atoms with Crippen LogP contribution in [-0.4, -0.2) is 211 Å². The van der Waals surface area contributed by atoms with Gasteiger partial charge in [0.1, 0.15) is 48.8 Å². The second-order valence-electron chi connectivity index (χ2n) is 23.9. The summed E-state index contributed by atoms with van der Waals surface area (Å²) >= 11 is 0. The van der Waals surface area contributed by atoms with E-state index in [-0.39, 0.29) is 42.6 Å². The summed E-state index contributed by atoms with van der Waals surface area (Å²) in [5, 5.41) is 61.6. The molecule has 5 aliphatic heterocycles. The minimum absolute atomic E-state index is 0.0683. The van der Waals surface area contributed by atoms with Crippen molar-refractivity contribution in [2.75, 3.05) is 59.6 Å². The lowest BCUT2D eigenvalue weighted by atomic mass is 9.77. The number of carbonyl (C=O) groups is 1. The molecule has 0 bridgehead atoms. The van der Waals surface area contributed by atoms with Crippen molar-refractivity contribution >= 4 is 15.8 Å². The first-order valence-electron chi connectivity index (χ1n) is 27.7. The van der Waals surface area contributed by atoms with E-state index in [2.05, 4.69) is 11.0 Å². The monoisotopic (exact) mass is 1120 g/mol. The van der Waals surface area contributed by atoms with E-state index in [9.17, 15) is 43.1 Å². The van der Waals surface area contributed by atoms with Crippen molar-refractivity contribution in [1.29, 1.82) is 0 Å². The van der Waals surface area contributed by atoms with E-state index in [1.165, 1.54) is 21.1 Å². The first-order chi connectivity index (χ1) is 36.0. The largest absolute Gasteiger partial charge is 0.459 e. The number of methoxy groups -OCH3 is 2. The Labute approximate surface area is 457 Å². The van der Waals surface area contributed by atoms with Gasteiger partial charge in [-0.1, -0.05) is 45.0 Å². The number of nitrogens with one attached hydrogen (secondary N) is 2. The van der Waals surface area contributed by atoms with Crippen LogP contribution in [0.5, 0.6) is 0 Å². The summed E-state index contributed by atoms with van der Waals surface area (Å²) in [6.07, 6.45) is -7.34. The van der Waals surface area contributed by atoms with Gasteiger partial charge in [0.05, 0.1) is 53.0 Å². The second-order valence-corrected chi connectivity index (χ2v) is 26.1. The van der Waals surface area contributed by atoms with Crippen molar-refractivity contribution in [3.05, 3.63) is 47.3 Å². The number of cyclic esters (lactones) is 1. The molecule has 5 heterocycles. The van der Waals surface area contributed by atoms with Gasteiger partial charge in [0.25, 0.3) is 0 Å². The highest BCUT2D eigenvalue weighted by Crippen LogP contribution is 2.41. The normalized spacial score (nSPS) is 41.8. The van der Waals surface area contributed by atoms with Crippen molar-refractivity contribution in [3.8, 4) is 0 Å². The topological polar surface area (TPSA) is 251 Å². The predicted octanol–water partition coefficient (Wildman–Crippen LogP) is 3.46. The summed E-state index contributed by atoms with van der Waals surface area (Å²) in [5.74, 6) is -2.67. The maximum atomic E-state index is 15.0. The number of halogens is 1. The number of aliphatic hydroxyl groups is 5. The van der Waals surface area contributed by atoms with Gasteiger partial charge in [-0.3, -0.25) is 9.80 Å². The van der Waals surface area contributed by atoms with Crippen LogP contribution in [0.1, 0.15) is 131 Å². The molecule has 21 atom stereocenters. The highest BCUT2D eigenvalue weighted by Gasteiger charge is 2.53. The summed E-state index contributed by atoms with van der Waals surface area (Å²) in [6.45, 7) is 17.5. The fourth-order valence-electron chi connectivity index (χ4n) is 12.6. The minimum Gasteiger partial charge on any atom is -0.459 e. The highest BCUT2D eigenvalue weighted by atomic mass is 32.2. The van der Waals surface area contributed by atoms with Gasteiger partial charge in [-0.2, -0.15) is 0 Å². The van der Waals surface area contributed by atoms with Crippen molar-refractivity contribution in [2.24, 2.45) is 17.8 Å². The maximum absolute atomic E-state index is 15.0. The van der Waals surface area contributed by atoms with E-state index in [1.54, 1.807) is 59.7 Å². The number of ether oxygens (including phenoxy) is 7. The molecule has 4 saturated heterocycles. The average Bonchev–Trinajstić information content (AvgIpc) is 4.01. The van der Waals surface area contributed by atoms with Crippen LogP contribution in [0.3, 0.4) is 0 Å². The number of alkyl halides is 1.